The molecular weight excluding hydrogens is 420 g/mol. The van der Waals surface area contributed by atoms with Crippen LogP contribution in [0.15, 0.2) is 43.3 Å². The summed E-state index contributed by atoms with van der Waals surface area (Å²) < 4.78 is 13.4. The third-order valence-corrected chi connectivity index (χ3v) is 5.50. The molecule has 0 N–H and O–H groups in total. The Balaban J connectivity index is 1.59. The first kappa shape index (κ1) is 17.0. The Morgan fingerprint density at radius 1 is 1.35 bits per heavy atom. The lowest BCUT2D eigenvalue weighted by Gasteiger charge is -2.04. The monoisotopic (exact) mass is 432 g/mol. The van der Waals surface area contributed by atoms with Gasteiger partial charge < -0.3 is 9.15 Å². The number of rotatable bonds is 3. The lowest BCUT2D eigenvalue weighted by Crippen LogP contribution is -2.16. The second kappa shape index (κ2) is 6.37. The summed E-state index contributed by atoms with van der Waals surface area (Å²) in [5.74, 6) is -0.429. The minimum absolute atomic E-state index is 0.0955. The summed E-state index contributed by atoms with van der Waals surface area (Å²) in [6.45, 7) is 3.55. The van der Waals surface area contributed by atoms with E-state index < -0.39 is 5.97 Å². The Labute approximate surface area is 160 Å². The first-order valence-corrected chi connectivity index (χ1v) is 9.44. The van der Waals surface area contributed by atoms with Gasteiger partial charge in [-0.3, -0.25) is 9.20 Å². The van der Waals surface area contributed by atoms with Crippen LogP contribution in [0.1, 0.15) is 27.5 Å². The molecular formula is C18H13BrN2O4S. The summed E-state index contributed by atoms with van der Waals surface area (Å²) >= 11 is 4.77. The average Bonchev–Trinajstić information content (AvgIpc) is 3.14. The number of benzene rings is 1. The molecule has 0 saturated heterocycles. The second-order valence-electron chi connectivity index (χ2n) is 5.85. The number of esters is 1. The van der Waals surface area contributed by atoms with Crippen LogP contribution in [0.25, 0.3) is 15.9 Å². The number of carbonyl (C=O) groups excluding carboxylic acids is 1. The van der Waals surface area contributed by atoms with Crippen molar-refractivity contribution in [1.82, 2.24) is 9.38 Å². The molecule has 3 aromatic heterocycles. The van der Waals surface area contributed by atoms with Crippen LogP contribution in [0.4, 0.5) is 0 Å². The molecule has 3 heterocycles. The Bertz CT molecular complexity index is 1220. The molecule has 6 nitrogen and oxygen atoms in total. The summed E-state index contributed by atoms with van der Waals surface area (Å²) in [6.07, 6.45) is 0. The number of aromatic nitrogens is 2. The zero-order valence-corrected chi connectivity index (χ0v) is 16.3. The zero-order chi connectivity index (χ0) is 18.4. The van der Waals surface area contributed by atoms with Gasteiger partial charge in [0.25, 0.3) is 5.56 Å². The fourth-order valence-electron chi connectivity index (χ4n) is 2.77. The number of aryl methyl sites for hydroxylation is 2. The van der Waals surface area contributed by atoms with Crippen molar-refractivity contribution in [3.8, 4) is 0 Å². The highest BCUT2D eigenvalue weighted by Gasteiger charge is 2.20. The SMILES string of the molecule is Cc1c(C(=O)OCc2cc(=O)n3c(C)csc3n2)oc2ccc(Br)cc12. The maximum Gasteiger partial charge on any atom is 0.374 e. The van der Waals surface area contributed by atoms with Gasteiger partial charge >= 0.3 is 5.97 Å². The highest BCUT2D eigenvalue weighted by molar-refractivity contribution is 9.10. The van der Waals surface area contributed by atoms with E-state index in [9.17, 15) is 9.59 Å². The van der Waals surface area contributed by atoms with Gasteiger partial charge in [-0.15, -0.1) is 11.3 Å². The van der Waals surface area contributed by atoms with Crippen LogP contribution < -0.4 is 5.56 Å². The van der Waals surface area contributed by atoms with Crippen molar-refractivity contribution in [2.24, 2.45) is 0 Å². The number of nitrogens with zero attached hydrogens (tertiary/aromatic N) is 2. The summed E-state index contributed by atoms with van der Waals surface area (Å²) in [5.41, 5.74) is 2.37. The van der Waals surface area contributed by atoms with Crippen molar-refractivity contribution in [1.29, 1.82) is 0 Å². The minimum Gasteiger partial charge on any atom is -0.453 e. The maximum atomic E-state index is 12.4. The second-order valence-corrected chi connectivity index (χ2v) is 7.61. The average molecular weight is 433 g/mol. The number of furan rings is 1. The molecule has 0 aliphatic rings. The van der Waals surface area contributed by atoms with Crippen molar-refractivity contribution < 1.29 is 13.9 Å². The number of hydrogen-bond donors (Lipinski definition) is 0. The number of thiazole rings is 1. The number of fused-ring (bicyclic) bond motifs is 2. The number of halogens is 1. The molecule has 0 saturated carbocycles. The molecule has 0 radical (unpaired) electrons. The molecule has 132 valence electrons. The smallest absolute Gasteiger partial charge is 0.374 e. The van der Waals surface area contributed by atoms with Gasteiger partial charge in [0.15, 0.2) is 4.96 Å². The van der Waals surface area contributed by atoms with Crippen LogP contribution in [0.3, 0.4) is 0 Å². The van der Waals surface area contributed by atoms with Crippen molar-refractivity contribution in [2.75, 3.05) is 0 Å². The van der Waals surface area contributed by atoms with Crippen LogP contribution in [-0.2, 0) is 11.3 Å². The molecule has 0 unspecified atom stereocenters. The van der Waals surface area contributed by atoms with E-state index in [1.165, 1.54) is 21.8 Å². The van der Waals surface area contributed by atoms with Crippen LogP contribution in [0.5, 0.6) is 0 Å². The molecule has 0 amide bonds. The molecule has 0 aliphatic carbocycles. The van der Waals surface area contributed by atoms with Gasteiger partial charge in [-0.1, -0.05) is 15.9 Å². The zero-order valence-electron chi connectivity index (χ0n) is 13.9. The fraction of sp³-hybridized carbons (Fsp3) is 0.167. The van der Waals surface area contributed by atoms with Gasteiger partial charge in [-0.05, 0) is 32.0 Å². The van der Waals surface area contributed by atoms with E-state index in [2.05, 4.69) is 20.9 Å². The van der Waals surface area contributed by atoms with E-state index in [1.807, 2.05) is 24.4 Å². The molecule has 0 aliphatic heterocycles. The van der Waals surface area contributed by atoms with Crippen molar-refractivity contribution in [3.63, 3.8) is 0 Å². The molecule has 0 fully saturated rings. The lowest BCUT2D eigenvalue weighted by atomic mass is 10.1. The minimum atomic E-state index is -0.584. The quantitative estimate of drug-likeness (QED) is 0.452. The van der Waals surface area contributed by atoms with Crippen LogP contribution in [0.2, 0.25) is 0 Å². The summed E-state index contributed by atoms with van der Waals surface area (Å²) in [4.78, 5) is 29.5. The van der Waals surface area contributed by atoms with Gasteiger partial charge in [-0.2, -0.15) is 0 Å². The summed E-state index contributed by atoms with van der Waals surface area (Å²) in [6, 6.07) is 6.90. The lowest BCUT2D eigenvalue weighted by molar-refractivity contribution is 0.0432. The van der Waals surface area contributed by atoms with E-state index in [4.69, 9.17) is 9.15 Å². The van der Waals surface area contributed by atoms with Crippen molar-refractivity contribution in [3.05, 3.63) is 67.2 Å². The molecule has 4 aromatic rings. The summed E-state index contributed by atoms with van der Waals surface area (Å²) in [7, 11) is 0. The number of hydrogen-bond acceptors (Lipinski definition) is 6. The Kier molecular flexibility index (Phi) is 4.16. The maximum absolute atomic E-state index is 12.4. The van der Waals surface area contributed by atoms with Crippen LogP contribution >= 0.6 is 27.3 Å². The van der Waals surface area contributed by atoms with Crippen LogP contribution in [0, 0.1) is 13.8 Å². The number of carbonyl (C=O) groups is 1. The molecule has 8 heteroatoms. The van der Waals surface area contributed by atoms with E-state index in [0.717, 1.165) is 15.6 Å². The highest BCUT2D eigenvalue weighted by Crippen LogP contribution is 2.28. The van der Waals surface area contributed by atoms with E-state index in [0.29, 0.717) is 21.8 Å². The molecule has 0 spiro atoms. The van der Waals surface area contributed by atoms with E-state index in [1.54, 1.807) is 13.0 Å². The predicted molar refractivity (Wildman–Crippen MR) is 102 cm³/mol. The standard InChI is InChI=1S/C18H13BrN2O4S/c1-9-8-26-18-20-12(6-15(22)21(9)18)7-24-17(23)16-10(2)13-5-11(19)3-4-14(13)25-16/h3-6,8H,7H2,1-2H3. The molecule has 26 heavy (non-hydrogen) atoms. The third kappa shape index (κ3) is 2.85. The summed E-state index contributed by atoms with van der Waals surface area (Å²) in [5, 5.41) is 2.70. The fourth-order valence-corrected chi connectivity index (χ4v) is 4.02. The Morgan fingerprint density at radius 2 is 2.15 bits per heavy atom. The topological polar surface area (TPSA) is 73.8 Å². The normalized spacial score (nSPS) is 11.3. The first-order valence-electron chi connectivity index (χ1n) is 7.76. The van der Waals surface area contributed by atoms with Gasteiger partial charge in [-0.25, -0.2) is 9.78 Å². The molecule has 0 atom stereocenters. The van der Waals surface area contributed by atoms with Gasteiger partial charge in [0, 0.05) is 32.6 Å². The van der Waals surface area contributed by atoms with E-state index in [-0.39, 0.29) is 17.9 Å². The van der Waals surface area contributed by atoms with E-state index >= 15 is 0 Å². The third-order valence-electron chi connectivity index (χ3n) is 4.06. The Morgan fingerprint density at radius 3 is 2.96 bits per heavy atom. The number of ether oxygens (including phenoxy) is 1. The van der Waals surface area contributed by atoms with Gasteiger partial charge in [0.05, 0.1) is 5.69 Å². The molecule has 4 rings (SSSR count). The van der Waals surface area contributed by atoms with Gasteiger partial charge in [0.2, 0.25) is 5.76 Å². The Hall–Kier alpha value is -2.45. The van der Waals surface area contributed by atoms with Gasteiger partial charge in [0.1, 0.15) is 12.2 Å². The predicted octanol–water partition coefficient (Wildman–Crippen LogP) is 4.24. The van der Waals surface area contributed by atoms with Crippen LogP contribution in [-0.4, -0.2) is 15.4 Å². The van der Waals surface area contributed by atoms with Crippen molar-refractivity contribution in [2.45, 2.75) is 20.5 Å². The van der Waals surface area contributed by atoms with Crippen molar-refractivity contribution >= 4 is 49.2 Å². The highest BCUT2D eigenvalue weighted by atomic mass is 79.9. The largest absolute Gasteiger partial charge is 0.453 e. The molecule has 1 aromatic carbocycles. The molecule has 0 bridgehead atoms. The first-order chi connectivity index (χ1) is 12.4.